The van der Waals surface area contributed by atoms with Crippen molar-refractivity contribution in [3.8, 4) is 0 Å². The summed E-state index contributed by atoms with van der Waals surface area (Å²) < 4.78 is 0. The Bertz CT molecular complexity index is 536. The predicted molar refractivity (Wildman–Crippen MR) is 70.2 cm³/mol. The molecule has 2 atom stereocenters. The van der Waals surface area contributed by atoms with Crippen LogP contribution in [0.1, 0.15) is 11.4 Å². The van der Waals surface area contributed by atoms with Crippen molar-refractivity contribution in [2.45, 2.75) is 24.9 Å². The highest BCUT2D eigenvalue weighted by Crippen LogP contribution is 1.99. The first kappa shape index (κ1) is 13.9. The van der Waals surface area contributed by atoms with Crippen LogP contribution in [0.25, 0.3) is 0 Å². The molecule has 0 aliphatic carbocycles. The van der Waals surface area contributed by atoms with Crippen LogP contribution in [-0.2, 0) is 22.4 Å². The first-order valence-electron chi connectivity index (χ1n) is 6.08. The topological polar surface area (TPSA) is 130 Å². The van der Waals surface area contributed by atoms with E-state index in [1.165, 1.54) is 12.7 Å². The normalized spacial score (nSPS) is 13.7. The zero-order valence-corrected chi connectivity index (χ0v) is 10.7. The quantitative estimate of drug-likeness (QED) is 0.506. The summed E-state index contributed by atoms with van der Waals surface area (Å²) in [7, 11) is 0. The molecule has 1 unspecified atom stereocenters. The number of nitrogens with zero attached hydrogens (tertiary/aromatic N) is 2. The van der Waals surface area contributed by atoms with Crippen molar-refractivity contribution in [2.75, 3.05) is 0 Å². The second-order valence-corrected chi connectivity index (χ2v) is 4.31. The van der Waals surface area contributed by atoms with Gasteiger partial charge in [-0.25, -0.2) is 9.97 Å². The zero-order valence-electron chi connectivity index (χ0n) is 10.7. The molecule has 8 heteroatoms. The average molecular weight is 275 g/mol. The van der Waals surface area contributed by atoms with Gasteiger partial charge in [0.15, 0.2) is 0 Å². The van der Waals surface area contributed by atoms with Crippen LogP contribution in [0.3, 0.4) is 0 Å². The molecule has 0 aromatic carbocycles. The van der Waals surface area contributed by atoms with Crippen LogP contribution in [0.2, 0.25) is 0 Å². The molecule has 1 radical (unpaired) electrons. The predicted octanol–water partition coefficient (Wildman–Crippen LogP) is -1.16. The number of rotatable bonds is 7. The van der Waals surface area contributed by atoms with Crippen LogP contribution in [0.15, 0.2) is 25.0 Å². The van der Waals surface area contributed by atoms with Crippen molar-refractivity contribution in [1.29, 1.82) is 0 Å². The summed E-state index contributed by atoms with van der Waals surface area (Å²) in [5.41, 5.74) is 7.12. The molecule has 105 valence electrons. The fraction of sp³-hybridized carbons (Fsp3) is 0.333. The molecule has 0 bridgehead atoms. The van der Waals surface area contributed by atoms with Crippen LogP contribution in [0.4, 0.5) is 0 Å². The number of H-pyrrole nitrogens is 2. The first-order chi connectivity index (χ1) is 9.69. The number of hydrogen-bond acceptors (Lipinski definition) is 5. The van der Waals surface area contributed by atoms with Crippen LogP contribution in [0.5, 0.6) is 0 Å². The van der Waals surface area contributed by atoms with Gasteiger partial charge in [0.25, 0.3) is 0 Å². The Hall–Kier alpha value is -2.48. The lowest BCUT2D eigenvalue weighted by molar-refractivity contribution is -0.122. The summed E-state index contributed by atoms with van der Waals surface area (Å²) in [6.07, 6.45) is 8.67. The smallest absolute Gasteiger partial charge is 0.237 e. The SMILES string of the molecule is NC(Cc1c[nH]cn1)C(=O)N[C@@H]([C]=O)Cc1c[nH]cn1. The molecule has 2 aromatic heterocycles. The molecule has 0 aliphatic rings. The number of nitrogens with two attached hydrogens (primary N) is 1. The number of hydrogen-bond donors (Lipinski definition) is 4. The number of carbonyl (C=O) groups is 1. The lowest BCUT2D eigenvalue weighted by atomic mass is 10.1. The molecular weight excluding hydrogens is 260 g/mol. The largest absolute Gasteiger partial charge is 0.351 e. The van der Waals surface area contributed by atoms with E-state index in [2.05, 4.69) is 25.3 Å². The molecule has 20 heavy (non-hydrogen) atoms. The zero-order chi connectivity index (χ0) is 14.4. The van der Waals surface area contributed by atoms with E-state index in [4.69, 9.17) is 5.73 Å². The van der Waals surface area contributed by atoms with Crippen LogP contribution < -0.4 is 11.1 Å². The summed E-state index contributed by atoms with van der Waals surface area (Å²) in [4.78, 5) is 36.3. The molecule has 0 saturated carbocycles. The third-order valence-electron chi connectivity index (χ3n) is 2.75. The Morgan fingerprint density at radius 1 is 1.25 bits per heavy atom. The van der Waals surface area contributed by atoms with Crippen molar-refractivity contribution in [3.63, 3.8) is 0 Å². The van der Waals surface area contributed by atoms with Crippen LogP contribution in [-0.4, -0.2) is 44.2 Å². The fourth-order valence-corrected chi connectivity index (χ4v) is 1.73. The minimum absolute atomic E-state index is 0.272. The van der Waals surface area contributed by atoms with Crippen molar-refractivity contribution >= 4 is 12.2 Å². The van der Waals surface area contributed by atoms with Crippen LogP contribution in [0, 0.1) is 0 Å². The highest BCUT2D eigenvalue weighted by molar-refractivity contribution is 5.84. The molecule has 0 fully saturated rings. The molecule has 2 rings (SSSR count). The molecule has 2 aromatic rings. The van der Waals surface area contributed by atoms with Gasteiger partial charge in [0.2, 0.25) is 12.2 Å². The molecular formula is C12H15N6O2. The van der Waals surface area contributed by atoms with E-state index in [9.17, 15) is 9.59 Å². The maximum Gasteiger partial charge on any atom is 0.237 e. The standard InChI is InChI=1S/C12H15N6O2/c13-11(2-9-4-15-7-17-9)12(20)18-10(5-19)1-8-3-14-6-16-8/h3-4,6-7,10-11H,1-2,13H2,(H,14,16)(H,15,17)(H,18,20)/t10-,11?/m1/s1. The summed E-state index contributed by atoms with van der Waals surface area (Å²) in [6.45, 7) is 0. The van der Waals surface area contributed by atoms with Gasteiger partial charge >= 0.3 is 0 Å². The molecule has 0 spiro atoms. The summed E-state index contributed by atoms with van der Waals surface area (Å²) >= 11 is 0. The Labute approximate surface area is 115 Å². The van der Waals surface area contributed by atoms with Gasteiger partial charge in [0.1, 0.15) is 6.04 Å². The Morgan fingerprint density at radius 2 is 1.85 bits per heavy atom. The second kappa shape index (κ2) is 6.62. The van der Waals surface area contributed by atoms with Gasteiger partial charge < -0.3 is 21.0 Å². The summed E-state index contributed by atoms with van der Waals surface area (Å²) in [5, 5.41) is 2.54. The molecule has 8 nitrogen and oxygen atoms in total. The lowest BCUT2D eigenvalue weighted by Gasteiger charge is -2.14. The van der Waals surface area contributed by atoms with Gasteiger partial charge in [-0.15, -0.1) is 0 Å². The summed E-state index contributed by atoms with van der Waals surface area (Å²) in [5.74, 6) is -0.420. The number of aromatic nitrogens is 4. The van der Waals surface area contributed by atoms with Gasteiger partial charge in [-0.05, 0) is 0 Å². The minimum atomic E-state index is -0.770. The van der Waals surface area contributed by atoms with Crippen LogP contribution >= 0.6 is 0 Å². The van der Waals surface area contributed by atoms with E-state index in [1.807, 2.05) is 0 Å². The van der Waals surface area contributed by atoms with Crippen molar-refractivity contribution in [1.82, 2.24) is 25.3 Å². The van der Waals surface area contributed by atoms with Gasteiger partial charge in [-0.1, -0.05) is 0 Å². The van der Waals surface area contributed by atoms with Crippen molar-refractivity contribution in [2.24, 2.45) is 5.73 Å². The fourth-order valence-electron chi connectivity index (χ4n) is 1.73. The van der Waals surface area contributed by atoms with Gasteiger partial charge in [0, 0.05) is 25.2 Å². The number of imidazole rings is 2. The molecule has 0 aliphatic heterocycles. The molecule has 5 N–H and O–H groups in total. The molecule has 1 amide bonds. The maximum absolute atomic E-state index is 11.9. The van der Waals surface area contributed by atoms with E-state index in [0.717, 1.165) is 0 Å². The van der Waals surface area contributed by atoms with E-state index in [-0.39, 0.29) is 6.42 Å². The summed E-state index contributed by atoms with van der Waals surface area (Å²) in [6, 6.07) is -1.54. The number of amides is 1. The van der Waals surface area contributed by atoms with E-state index < -0.39 is 18.0 Å². The maximum atomic E-state index is 11.9. The first-order valence-corrected chi connectivity index (χ1v) is 6.08. The number of aromatic amines is 2. The van der Waals surface area contributed by atoms with Gasteiger partial charge in [0.05, 0.1) is 30.1 Å². The third-order valence-corrected chi connectivity index (χ3v) is 2.75. The van der Waals surface area contributed by atoms with Crippen molar-refractivity contribution < 1.29 is 9.59 Å². The highest BCUT2D eigenvalue weighted by Gasteiger charge is 2.20. The van der Waals surface area contributed by atoms with E-state index in [0.29, 0.717) is 17.8 Å². The highest BCUT2D eigenvalue weighted by atomic mass is 16.2. The van der Waals surface area contributed by atoms with E-state index >= 15 is 0 Å². The Balaban J connectivity index is 1.86. The van der Waals surface area contributed by atoms with Gasteiger partial charge in [-0.2, -0.15) is 0 Å². The number of carbonyl (C=O) groups excluding carboxylic acids is 2. The molecule has 0 saturated heterocycles. The van der Waals surface area contributed by atoms with E-state index in [1.54, 1.807) is 18.7 Å². The third kappa shape index (κ3) is 3.75. The Kier molecular flexibility index (Phi) is 4.61. The minimum Gasteiger partial charge on any atom is -0.351 e. The molecule has 2 heterocycles. The van der Waals surface area contributed by atoms with Gasteiger partial charge in [-0.3, -0.25) is 9.59 Å². The lowest BCUT2D eigenvalue weighted by Crippen LogP contribution is -2.47. The monoisotopic (exact) mass is 275 g/mol. The van der Waals surface area contributed by atoms with Crippen molar-refractivity contribution in [3.05, 3.63) is 36.4 Å². The Morgan fingerprint density at radius 3 is 2.35 bits per heavy atom. The average Bonchev–Trinajstić information content (AvgIpc) is 3.11. The number of nitrogens with one attached hydrogen (secondary N) is 3. The second-order valence-electron chi connectivity index (χ2n) is 4.31.